The number of nitrogens with zero attached hydrogens (tertiary/aromatic N) is 1. The summed E-state index contributed by atoms with van der Waals surface area (Å²) in [6.07, 6.45) is -2.37. The van der Waals surface area contributed by atoms with Crippen LogP contribution in [0.15, 0.2) is 42.6 Å². The number of amides is 1. The van der Waals surface area contributed by atoms with Gasteiger partial charge in [0.1, 0.15) is 10.7 Å². The van der Waals surface area contributed by atoms with E-state index in [0.717, 1.165) is 16.9 Å². The van der Waals surface area contributed by atoms with E-state index in [-0.39, 0.29) is 11.3 Å². The van der Waals surface area contributed by atoms with E-state index >= 15 is 0 Å². The molecule has 3 rings (SSSR count). The topological polar surface area (TPSA) is 72.5 Å². The zero-order valence-electron chi connectivity index (χ0n) is 16.5. The molecule has 0 spiro atoms. The van der Waals surface area contributed by atoms with Gasteiger partial charge in [-0.3, -0.25) is 9.78 Å². The number of anilines is 1. The second-order valence-electron chi connectivity index (χ2n) is 6.76. The summed E-state index contributed by atoms with van der Waals surface area (Å²) < 4.78 is 44.9. The number of benzene rings is 1. The van der Waals surface area contributed by atoms with Gasteiger partial charge in [-0.1, -0.05) is 24.4 Å². The number of aromatic nitrogens is 1. The van der Waals surface area contributed by atoms with Crippen LogP contribution in [-0.4, -0.2) is 42.4 Å². The smallest absolute Gasteiger partial charge is 0.422 e. The van der Waals surface area contributed by atoms with Crippen LogP contribution in [0.5, 0.6) is 5.75 Å². The van der Waals surface area contributed by atoms with Gasteiger partial charge < -0.3 is 20.1 Å². The lowest BCUT2D eigenvalue weighted by molar-refractivity contribution is -0.153. The normalized spacial score (nSPS) is 18.5. The number of hydrogen-bond donors (Lipinski definition) is 2. The average molecular weight is 441 g/mol. The number of ether oxygens (including phenoxy) is 2. The number of pyridine rings is 1. The molecule has 1 saturated heterocycles. The summed E-state index contributed by atoms with van der Waals surface area (Å²) in [6.45, 7) is 3.51. The van der Waals surface area contributed by atoms with Crippen LogP contribution in [0, 0.1) is 6.92 Å². The van der Waals surface area contributed by atoms with Crippen molar-refractivity contribution < 1.29 is 27.4 Å². The zero-order valence-corrected chi connectivity index (χ0v) is 17.3. The van der Waals surface area contributed by atoms with E-state index in [4.69, 9.17) is 17.0 Å². The SMILES string of the molecule is CC1(c2cccc(NC=O)c2)COCC(=S)N1.Cc1ccc(OCC(F)(F)F)cn1. The van der Waals surface area contributed by atoms with Crippen molar-refractivity contribution >= 4 is 29.3 Å². The highest BCUT2D eigenvalue weighted by Crippen LogP contribution is 2.26. The molecule has 10 heteroatoms. The van der Waals surface area contributed by atoms with Gasteiger partial charge in [0.2, 0.25) is 6.41 Å². The largest absolute Gasteiger partial charge is 0.483 e. The second kappa shape index (κ2) is 10.4. The molecule has 1 unspecified atom stereocenters. The fourth-order valence-electron chi connectivity index (χ4n) is 2.61. The number of aryl methyl sites for hydroxylation is 1. The molecule has 1 amide bonds. The molecule has 1 aliphatic heterocycles. The number of carbonyl (C=O) groups excluding carboxylic acids is 1. The molecule has 2 N–H and O–H groups in total. The second-order valence-corrected chi connectivity index (χ2v) is 7.25. The van der Waals surface area contributed by atoms with Crippen molar-refractivity contribution in [1.82, 2.24) is 10.3 Å². The molecule has 1 aromatic heterocycles. The highest BCUT2D eigenvalue weighted by molar-refractivity contribution is 7.80. The maximum absolute atomic E-state index is 11.7. The van der Waals surface area contributed by atoms with Gasteiger partial charge in [0, 0.05) is 11.4 Å². The molecule has 0 bridgehead atoms. The van der Waals surface area contributed by atoms with Gasteiger partial charge in [0.15, 0.2) is 6.61 Å². The Balaban J connectivity index is 0.000000222. The van der Waals surface area contributed by atoms with Crippen molar-refractivity contribution in [3.05, 3.63) is 53.9 Å². The number of alkyl halides is 3. The molecule has 1 fully saturated rings. The fraction of sp³-hybridized carbons (Fsp3) is 0.350. The summed E-state index contributed by atoms with van der Waals surface area (Å²) in [5.41, 5.74) is 2.19. The first-order valence-electron chi connectivity index (χ1n) is 8.93. The third-order valence-electron chi connectivity index (χ3n) is 4.05. The van der Waals surface area contributed by atoms with Crippen molar-refractivity contribution in [2.45, 2.75) is 25.6 Å². The molecule has 162 valence electrons. The van der Waals surface area contributed by atoms with E-state index in [2.05, 4.69) is 20.4 Å². The first-order valence-corrected chi connectivity index (χ1v) is 9.34. The van der Waals surface area contributed by atoms with Gasteiger partial charge in [-0.05, 0) is 43.7 Å². The van der Waals surface area contributed by atoms with Crippen molar-refractivity contribution in [2.24, 2.45) is 0 Å². The number of nitrogens with one attached hydrogen (secondary N) is 2. The van der Waals surface area contributed by atoms with Crippen LogP contribution in [0.2, 0.25) is 0 Å². The number of rotatable bonds is 5. The Hall–Kier alpha value is -2.72. The molecule has 30 heavy (non-hydrogen) atoms. The highest BCUT2D eigenvalue weighted by atomic mass is 32.1. The number of morpholine rings is 1. The number of halogens is 3. The van der Waals surface area contributed by atoms with E-state index in [0.29, 0.717) is 24.6 Å². The van der Waals surface area contributed by atoms with Crippen LogP contribution in [0.3, 0.4) is 0 Å². The Morgan fingerprint density at radius 3 is 2.73 bits per heavy atom. The Labute approximate surface area is 177 Å². The monoisotopic (exact) mass is 441 g/mol. The van der Waals surface area contributed by atoms with Crippen LogP contribution in [0.25, 0.3) is 0 Å². The summed E-state index contributed by atoms with van der Waals surface area (Å²) in [5.74, 6) is 0.128. The lowest BCUT2D eigenvalue weighted by Crippen LogP contribution is -2.52. The number of carbonyl (C=O) groups is 1. The Kier molecular flexibility index (Phi) is 8.13. The van der Waals surface area contributed by atoms with E-state index in [1.165, 1.54) is 12.3 Å². The summed E-state index contributed by atoms with van der Waals surface area (Å²) in [5, 5.41) is 5.90. The molecule has 0 saturated carbocycles. The van der Waals surface area contributed by atoms with Crippen LogP contribution in [0.1, 0.15) is 18.2 Å². The summed E-state index contributed by atoms with van der Waals surface area (Å²) in [6, 6.07) is 10.7. The van der Waals surface area contributed by atoms with E-state index in [1.54, 1.807) is 13.0 Å². The zero-order chi connectivity index (χ0) is 22.2. The van der Waals surface area contributed by atoms with Gasteiger partial charge >= 0.3 is 6.18 Å². The van der Waals surface area contributed by atoms with Gasteiger partial charge in [-0.25, -0.2) is 0 Å². The molecule has 0 radical (unpaired) electrons. The third kappa shape index (κ3) is 7.60. The van der Waals surface area contributed by atoms with E-state index < -0.39 is 12.8 Å². The summed E-state index contributed by atoms with van der Waals surface area (Å²) in [4.78, 5) is 14.9. The highest BCUT2D eigenvalue weighted by Gasteiger charge is 2.31. The van der Waals surface area contributed by atoms with Gasteiger partial charge in [-0.2, -0.15) is 13.2 Å². The van der Waals surface area contributed by atoms with Crippen LogP contribution >= 0.6 is 12.2 Å². The van der Waals surface area contributed by atoms with E-state index in [9.17, 15) is 18.0 Å². The average Bonchev–Trinajstić information content (AvgIpc) is 2.68. The third-order valence-corrected chi connectivity index (χ3v) is 4.27. The lowest BCUT2D eigenvalue weighted by Gasteiger charge is -2.36. The molecule has 1 atom stereocenters. The predicted octanol–water partition coefficient (Wildman–Crippen LogP) is 3.75. The number of hydrogen-bond acceptors (Lipinski definition) is 5. The van der Waals surface area contributed by atoms with Crippen molar-refractivity contribution in [1.29, 1.82) is 0 Å². The van der Waals surface area contributed by atoms with Crippen LogP contribution in [-0.2, 0) is 15.1 Å². The summed E-state index contributed by atoms with van der Waals surface area (Å²) >= 11 is 5.13. The van der Waals surface area contributed by atoms with Crippen LogP contribution in [0.4, 0.5) is 18.9 Å². The minimum atomic E-state index is -4.30. The van der Waals surface area contributed by atoms with Gasteiger partial charge in [0.25, 0.3) is 0 Å². The molecule has 1 aliphatic rings. The van der Waals surface area contributed by atoms with Crippen molar-refractivity contribution in [3.63, 3.8) is 0 Å². The minimum Gasteiger partial charge on any atom is -0.483 e. The molecule has 0 aliphatic carbocycles. The molecule has 2 aromatic rings. The lowest BCUT2D eigenvalue weighted by atomic mass is 9.91. The minimum absolute atomic E-state index is 0.128. The van der Waals surface area contributed by atoms with Gasteiger partial charge in [-0.15, -0.1) is 0 Å². The van der Waals surface area contributed by atoms with Gasteiger partial charge in [0.05, 0.1) is 24.9 Å². The Morgan fingerprint density at radius 2 is 2.13 bits per heavy atom. The molecule has 1 aromatic carbocycles. The first kappa shape index (κ1) is 23.6. The molecule has 6 nitrogen and oxygen atoms in total. The predicted molar refractivity (Wildman–Crippen MR) is 111 cm³/mol. The maximum atomic E-state index is 11.7. The van der Waals surface area contributed by atoms with Crippen LogP contribution < -0.4 is 15.4 Å². The fourth-order valence-corrected chi connectivity index (χ4v) is 2.92. The summed E-state index contributed by atoms with van der Waals surface area (Å²) in [7, 11) is 0. The molecular weight excluding hydrogens is 419 g/mol. The molecule has 2 heterocycles. The maximum Gasteiger partial charge on any atom is 0.422 e. The standard InChI is InChI=1S/C12H14N2O2S.C8H8F3NO/c1-12(7-16-6-11(17)14-12)9-3-2-4-10(5-9)13-8-15;1-6-2-3-7(4-12-6)13-5-8(9,10)11/h2-5,8H,6-7H2,1H3,(H,13,15)(H,14,17);2-4H,5H2,1H3. The van der Waals surface area contributed by atoms with E-state index in [1.807, 2.05) is 31.2 Å². The Morgan fingerprint density at radius 1 is 1.37 bits per heavy atom. The molecular formula is C20H22F3N3O3S. The number of thiocarbonyl (C=S) groups is 1. The quantitative estimate of drug-likeness (QED) is 0.544. The first-order chi connectivity index (χ1) is 14.1. The van der Waals surface area contributed by atoms with Crippen molar-refractivity contribution in [3.8, 4) is 5.75 Å². The van der Waals surface area contributed by atoms with Crippen molar-refractivity contribution in [2.75, 3.05) is 25.1 Å². The Bertz CT molecular complexity index is 862.